The summed E-state index contributed by atoms with van der Waals surface area (Å²) in [6, 6.07) is 0. The lowest BCUT2D eigenvalue weighted by atomic mass is 9.99. The summed E-state index contributed by atoms with van der Waals surface area (Å²) in [7, 11) is -9.91. The van der Waals surface area contributed by atoms with Crippen molar-refractivity contribution in [3.63, 3.8) is 0 Å². The van der Waals surface area contributed by atoms with E-state index in [0.29, 0.717) is 25.7 Å². The Morgan fingerprint density at radius 3 is 0.978 bits per heavy atom. The Labute approximate surface area is 561 Å². The molecule has 92 heavy (non-hydrogen) atoms. The topological polar surface area (TPSA) is 237 Å². The van der Waals surface area contributed by atoms with Crippen LogP contribution in [-0.4, -0.2) is 96.7 Å². The Bertz CT molecular complexity index is 1880. The van der Waals surface area contributed by atoms with Crippen molar-refractivity contribution in [1.82, 2.24) is 0 Å². The minimum absolute atomic E-state index is 0.101. The standard InChI is InChI=1S/C73H138O17P2/c1-7-10-12-14-16-17-18-19-21-25-28-31-38-44-50-56-71(76)84-62-69(89-72(77)57-51-45-39-32-29-26-23-20-22-24-27-30-36-41-47-53-65(4)5)64-88-92(81,82)86-60-67(74)59-85-91(79,80)87-63-68(61-83-70(75)55-49-43-35-15-13-11-8-2)90-73(78)58-52-46-40-34-33-37-42-48-54-66(6)9-3/h17-19,21,65-69,74H,7-16,20,22-64H2,1-6H3,(H,79,80)(H,81,82)/b18-17-,21-19-/t66?,67-,68+,69+/m0/s1. The molecule has 6 atom stereocenters. The lowest BCUT2D eigenvalue weighted by molar-refractivity contribution is -0.161. The molecule has 0 radical (unpaired) electrons. The van der Waals surface area contributed by atoms with Gasteiger partial charge in [-0.15, -0.1) is 0 Å². The molecule has 19 heteroatoms. The molecule has 0 amide bonds. The quantitative estimate of drug-likeness (QED) is 0.0169. The summed E-state index contributed by atoms with van der Waals surface area (Å²) in [5.41, 5.74) is 0. The number of esters is 4. The third kappa shape index (κ3) is 64.9. The van der Waals surface area contributed by atoms with E-state index in [2.05, 4.69) is 65.8 Å². The van der Waals surface area contributed by atoms with Crippen LogP contribution in [0.2, 0.25) is 0 Å². The van der Waals surface area contributed by atoms with Gasteiger partial charge in [0.2, 0.25) is 0 Å². The van der Waals surface area contributed by atoms with E-state index in [9.17, 15) is 43.2 Å². The Balaban J connectivity index is 5.24. The molecule has 0 spiro atoms. The first-order valence-corrected chi connectivity index (χ1v) is 40.3. The van der Waals surface area contributed by atoms with Gasteiger partial charge in [0, 0.05) is 25.7 Å². The first kappa shape index (κ1) is 89.5. The lowest BCUT2D eigenvalue weighted by Gasteiger charge is -2.21. The van der Waals surface area contributed by atoms with E-state index < -0.39 is 97.5 Å². The molecule has 0 aliphatic carbocycles. The van der Waals surface area contributed by atoms with Gasteiger partial charge in [-0.2, -0.15) is 0 Å². The first-order chi connectivity index (χ1) is 44.4. The van der Waals surface area contributed by atoms with Crippen LogP contribution >= 0.6 is 15.6 Å². The lowest BCUT2D eigenvalue weighted by Crippen LogP contribution is -2.30. The van der Waals surface area contributed by atoms with E-state index in [4.69, 9.17) is 37.0 Å². The molecule has 0 aliphatic rings. The molecular weight excluding hydrogens is 1210 g/mol. The second kappa shape index (κ2) is 64.5. The summed E-state index contributed by atoms with van der Waals surface area (Å²) in [5, 5.41) is 10.6. The Kier molecular flexibility index (Phi) is 62.8. The molecule has 0 aliphatic heterocycles. The molecule has 17 nitrogen and oxygen atoms in total. The number of allylic oxidation sites excluding steroid dienone is 4. The number of rotatable bonds is 70. The van der Waals surface area contributed by atoms with E-state index in [1.165, 1.54) is 135 Å². The maximum atomic E-state index is 13.0. The van der Waals surface area contributed by atoms with Crippen LogP contribution < -0.4 is 0 Å². The van der Waals surface area contributed by atoms with Crippen LogP contribution in [0.25, 0.3) is 0 Å². The Morgan fingerprint density at radius 1 is 0.359 bits per heavy atom. The average molecular weight is 1350 g/mol. The van der Waals surface area contributed by atoms with Crippen molar-refractivity contribution < 1.29 is 80.2 Å². The van der Waals surface area contributed by atoms with Crippen LogP contribution in [0.3, 0.4) is 0 Å². The fourth-order valence-corrected chi connectivity index (χ4v) is 12.1. The molecule has 0 aromatic rings. The molecular formula is C73H138O17P2. The highest BCUT2D eigenvalue weighted by atomic mass is 31.2. The summed E-state index contributed by atoms with van der Waals surface area (Å²) < 4.78 is 68.2. The van der Waals surface area contributed by atoms with Crippen molar-refractivity contribution in [2.24, 2.45) is 11.8 Å². The fourth-order valence-electron chi connectivity index (χ4n) is 10.5. The van der Waals surface area contributed by atoms with Gasteiger partial charge >= 0.3 is 39.5 Å². The molecule has 0 heterocycles. The van der Waals surface area contributed by atoms with Crippen LogP contribution in [0.5, 0.6) is 0 Å². The number of phosphoric acid groups is 2. The molecule has 0 saturated carbocycles. The second-order valence-electron chi connectivity index (χ2n) is 26.4. The highest BCUT2D eigenvalue weighted by Crippen LogP contribution is 2.45. The van der Waals surface area contributed by atoms with E-state index in [-0.39, 0.29) is 25.7 Å². The zero-order valence-corrected chi connectivity index (χ0v) is 61.1. The summed E-state index contributed by atoms with van der Waals surface area (Å²) in [5.74, 6) is -0.587. The molecule has 3 unspecified atom stereocenters. The Hall–Kier alpha value is -2.46. The molecule has 3 N–H and O–H groups in total. The third-order valence-electron chi connectivity index (χ3n) is 16.7. The third-order valence-corrected chi connectivity index (χ3v) is 18.6. The maximum absolute atomic E-state index is 13.0. The minimum Gasteiger partial charge on any atom is -0.462 e. The number of unbranched alkanes of at least 4 members (excludes halogenated alkanes) is 36. The van der Waals surface area contributed by atoms with Crippen molar-refractivity contribution >= 4 is 39.5 Å². The number of hydrogen-bond acceptors (Lipinski definition) is 15. The molecule has 0 bridgehead atoms. The summed E-state index contributed by atoms with van der Waals surface area (Å²) in [4.78, 5) is 72.5. The molecule has 0 fully saturated rings. The van der Waals surface area contributed by atoms with Crippen LogP contribution in [0.1, 0.15) is 350 Å². The van der Waals surface area contributed by atoms with Crippen molar-refractivity contribution in [1.29, 1.82) is 0 Å². The number of ether oxygens (including phenoxy) is 4. The van der Waals surface area contributed by atoms with E-state index in [1.54, 1.807) is 0 Å². The van der Waals surface area contributed by atoms with Crippen molar-refractivity contribution in [2.45, 2.75) is 368 Å². The molecule has 0 rings (SSSR count). The zero-order chi connectivity index (χ0) is 67.9. The number of hydrogen-bond donors (Lipinski definition) is 3. The number of phosphoric ester groups is 2. The van der Waals surface area contributed by atoms with Crippen LogP contribution in [0, 0.1) is 11.8 Å². The van der Waals surface area contributed by atoms with E-state index in [1.807, 2.05) is 0 Å². The fraction of sp³-hybridized carbons (Fsp3) is 0.890. The average Bonchev–Trinajstić information content (AvgIpc) is 3.02. The van der Waals surface area contributed by atoms with Gasteiger partial charge in [0.05, 0.1) is 26.4 Å². The van der Waals surface area contributed by atoms with E-state index in [0.717, 1.165) is 134 Å². The first-order valence-electron chi connectivity index (χ1n) is 37.3. The smallest absolute Gasteiger partial charge is 0.462 e. The van der Waals surface area contributed by atoms with Gasteiger partial charge in [-0.1, -0.05) is 297 Å². The number of aliphatic hydroxyl groups excluding tert-OH is 1. The van der Waals surface area contributed by atoms with Gasteiger partial charge in [-0.25, -0.2) is 9.13 Å². The summed E-state index contributed by atoms with van der Waals surface area (Å²) >= 11 is 0. The van der Waals surface area contributed by atoms with Crippen LogP contribution in [0.15, 0.2) is 24.3 Å². The molecule has 542 valence electrons. The summed E-state index contributed by atoms with van der Waals surface area (Å²) in [6.45, 7) is 9.48. The Morgan fingerprint density at radius 2 is 0.641 bits per heavy atom. The van der Waals surface area contributed by atoms with Crippen LogP contribution in [-0.2, 0) is 65.4 Å². The number of carbonyl (C=O) groups is 4. The predicted molar refractivity (Wildman–Crippen MR) is 372 cm³/mol. The van der Waals surface area contributed by atoms with Gasteiger partial charge in [0.25, 0.3) is 0 Å². The largest absolute Gasteiger partial charge is 0.472 e. The highest BCUT2D eigenvalue weighted by Gasteiger charge is 2.30. The summed E-state index contributed by atoms with van der Waals surface area (Å²) in [6.07, 6.45) is 53.6. The predicted octanol–water partition coefficient (Wildman–Crippen LogP) is 20.7. The zero-order valence-electron chi connectivity index (χ0n) is 59.3. The van der Waals surface area contributed by atoms with Crippen molar-refractivity contribution in [3.05, 3.63) is 24.3 Å². The van der Waals surface area contributed by atoms with Gasteiger partial charge in [0.15, 0.2) is 12.2 Å². The van der Waals surface area contributed by atoms with E-state index >= 15 is 0 Å². The molecule has 0 aromatic heterocycles. The normalized spacial score (nSPS) is 14.5. The van der Waals surface area contributed by atoms with Gasteiger partial charge < -0.3 is 33.8 Å². The van der Waals surface area contributed by atoms with Gasteiger partial charge in [-0.3, -0.25) is 37.3 Å². The number of aliphatic hydroxyl groups is 1. The van der Waals surface area contributed by atoms with Crippen LogP contribution in [0.4, 0.5) is 0 Å². The van der Waals surface area contributed by atoms with Gasteiger partial charge in [0.1, 0.15) is 19.3 Å². The SMILES string of the molecule is CCCCCC/C=C\C=C/CCCCCCCC(=O)OC[C@H](COP(=O)(O)OC[C@@H](O)COP(=O)(O)OC[C@@H](COC(=O)CCCCCCCCC)OC(=O)CCCCCCCCCCC(C)CC)OC(=O)CCCCCCCCCCCCCCCCCC(C)C. The number of carbonyl (C=O) groups excluding carboxylic acids is 4. The van der Waals surface area contributed by atoms with Crippen molar-refractivity contribution in [3.8, 4) is 0 Å². The maximum Gasteiger partial charge on any atom is 0.472 e. The molecule has 0 aromatic carbocycles. The minimum atomic E-state index is -4.96. The van der Waals surface area contributed by atoms with Crippen molar-refractivity contribution in [2.75, 3.05) is 39.6 Å². The highest BCUT2D eigenvalue weighted by molar-refractivity contribution is 7.47. The molecule has 0 saturated heterocycles. The second-order valence-corrected chi connectivity index (χ2v) is 29.3. The monoisotopic (exact) mass is 1350 g/mol. The van der Waals surface area contributed by atoms with Gasteiger partial charge in [-0.05, 0) is 63.2 Å².